The molecule has 0 saturated carbocycles. The third kappa shape index (κ3) is 2.83. The summed E-state index contributed by atoms with van der Waals surface area (Å²) in [6.07, 6.45) is 3.20. The van der Waals surface area contributed by atoms with Crippen LogP contribution in [0.25, 0.3) is 27.5 Å². The molecule has 4 aromatic rings. The number of unbranched alkanes of at least 4 members (excludes halogenated alkanes) is 1. The summed E-state index contributed by atoms with van der Waals surface area (Å²) in [4.78, 5) is 0. The zero-order chi connectivity index (χ0) is 17.2. The number of fused-ring (bicyclic) bond motifs is 3. The lowest BCUT2D eigenvalue weighted by molar-refractivity contribution is 0.589. The van der Waals surface area contributed by atoms with Crippen molar-refractivity contribution in [1.82, 2.24) is 10.3 Å². The van der Waals surface area contributed by atoms with E-state index in [4.69, 9.17) is 5.73 Å². The smallest absolute Gasteiger partial charge is 0.0541 e. The monoisotopic (exact) mass is 327 g/mol. The standard InChI is InChI=1S/C23H23N2/c1-2-3-10-21(24)17-13-15-18(16-14-17)25-22-11-6-4-8-19(22)20-9-5-7-12-23(20)25/h4-9,11-16,21,24H,2-3,10H2,1H3. The Morgan fingerprint density at radius 3 is 1.92 bits per heavy atom. The molecule has 0 aliphatic rings. The Bertz CT molecular complexity index is 942. The molecule has 3 aromatic carbocycles. The number of aromatic nitrogens is 1. The van der Waals surface area contributed by atoms with Gasteiger partial charge in [-0.1, -0.05) is 68.3 Å². The van der Waals surface area contributed by atoms with Crippen LogP contribution in [0.15, 0.2) is 72.8 Å². The van der Waals surface area contributed by atoms with Crippen molar-refractivity contribution in [2.45, 2.75) is 32.2 Å². The molecule has 1 N–H and O–H groups in total. The van der Waals surface area contributed by atoms with E-state index in [-0.39, 0.29) is 6.04 Å². The second-order valence-electron chi connectivity index (χ2n) is 6.66. The van der Waals surface area contributed by atoms with Crippen molar-refractivity contribution in [3.05, 3.63) is 78.4 Å². The lowest BCUT2D eigenvalue weighted by Crippen LogP contribution is -2.00. The van der Waals surface area contributed by atoms with Gasteiger partial charge >= 0.3 is 0 Å². The van der Waals surface area contributed by atoms with Crippen LogP contribution in [0.2, 0.25) is 0 Å². The molecule has 0 aliphatic heterocycles. The summed E-state index contributed by atoms with van der Waals surface area (Å²) in [5, 5.41) is 2.56. The van der Waals surface area contributed by atoms with Crippen LogP contribution in [0.4, 0.5) is 0 Å². The lowest BCUT2D eigenvalue weighted by atomic mass is 10.0. The first-order valence-corrected chi connectivity index (χ1v) is 9.09. The number of nitrogens with zero attached hydrogens (tertiary/aromatic N) is 1. The topological polar surface area (TPSA) is 28.7 Å². The molecule has 0 spiro atoms. The first-order chi connectivity index (χ1) is 12.3. The van der Waals surface area contributed by atoms with Gasteiger partial charge in [-0.05, 0) is 36.2 Å². The number of para-hydroxylation sites is 2. The van der Waals surface area contributed by atoms with Crippen molar-refractivity contribution in [2.24, 2.45) is 0 Å². The molecule has 25 heavy (non-hydrogen) atoms. The zero-order valence-electron chi connectivity index (χ0n) is 14.6. The first-order valence-electron chi connectivity index (χ1n) is 9.09. The fourth-order valence-electron chi connectivity index (χ4n) is 3.63. The molecule has 1 unspecified atom stereocenters. The molecule has 0 saturated heterocycles. The molecule has 0 bridgehead atoms. The van der Waals surface area contributed by atoms with E-state index in [0.717, 1.165) is 30.5 Å². The summed E-state index contributed by atoms with van der Waals surface area (Å²) >= 11 is 0. The fraction of sp³-hybridized carbons (Fsp3) is 0.217. The summed E-state index contributed by atoms with van der Waals surface area (Å²) in [5.41, 5.74) is 13.0. The van der Waals surface area contributed by atoms with E-state index in [9.17, 15) is 0 Å². The van der Waals surface area contributed by atoms with E-state index < -0.39 is 0 Å². The summed E-state index contributed by atoms with van der Waals surface area (Å²) in [6, 6.07) is 25.5. The van der Waals surface area contributed by atoms with Crippen LogP contribution in [0.5, 0.6) is 0 Å². The molecular formula is C23H23N2. The average Bonchev–Trinajstić information content (AvgIpc) is 3.01. The van der Waals surface area contributed by atoms with Gasteiger partial charge in [0.25, 0.3) is 0 Å². The van der Waals surface area contributed by atoms with Gasteiger partial charge in [0.15, 0.2) is 0 Å². The van der Waals surface area contributed by atoms with Gasteiger partial charge in [-0.25, -0.2) is 5.73 Å². The molecule has 2 nitrogen and oxygen atoms in total. The van der Waals surface area contributed by atoms with Gasteiger partial charge in [0.1, 0.15) is 0 Å². The van der Waals surface area contributed by atoms with Gasteiger partial charge < -0.3 is 4.57 Å². The van der Waals surface area contributed by atoms with Gasteiger partial charge in [-0.2, -0.15) is 0 Å². The fourth-order valence-corrected chi connectivity index (χ4v) is 3.63. The number of benzene rings is 3. The van der Waals surface area contributed by atoms with Gasteiger partial charge in [0.05, 0.1) is 11.0 Å². The van der Waals surface area contributed by atoms with Crippen molar-refractivity contribution >= 4 is 21.8 Å². The van der Waals surface area contributed by atoms with Gasteiger partial charge in [-0.15, -0.1) is 0 Å². The van der Waals surface area contributed by atoms with Gasteiger partial charge in [0.2, 0.25) is 0 Å². The maximum atomic E-state index is 8.32. The van der Waals surface area contributed by atoms with Crippen molar-refractivity contribution < 1.29 is 0 Å². The Morgan fingerprint density at radius 1 is 0.800 bits per heavy atom. The predicted octanol–water partition coefficient (Wildman–Crippen LogP) is 6.30. The van der Waals surface area contributed by atoms with Crippen LogP contribution < -0.4 is 5.73 Å². The van der Waals surface area contributed by atoms with Crippen molar-refractivity contribution in [1.29, 1.82) is 0 Å². The summed E-state index contributed by atoms with van der Waals surface area (Å²) in [5.74, 6) is 0. The van der Waals surface area contributed by atoms with Crippen molar-refractivity contribution in [3.8, 4) is 5.69 Å². The minimum atomic E-state index is -0.118. The Balaban J connectivity index is 1.81. The molecule has 0 aliphatic carbocycles. The maximum Gasteiger partial charge on any atom is 0.0541 e. The molecular weight excluding hydrogens is 304 g/mol. The normalized spacial score (nSPS) is 12.7. The van der Waals surface area contributed by atoms with E-state index in [2.05, 4.69) is 84.3 Å². The molecule has 4 rings (SSSR count). The van der Waals surface area contributed by atoms with Crippen LogP contribution in [0.1, 0.15) is 37.8 Å². The molecule has 125 valence electrons. The van der Waals surface area contributed by atoms with Crippen LogP contribution in [-0.4, -0.2) is 4.57 Å². The molecule has 0 fully saturated rings. The predicted molar refractivity (Wildman–Crippen MR) is 106 cm³/mol. The molecule has 2 heteroatoms. The SMILES string of the molecule is CCCCC([NH])c1ccc(-n2c3ccccc3c3ccccc32)cc1. The quantitative estimate of drug-likeness (QED) is 0.412. The van der Waals surface area contributed by atoms with E-state index in [1.807, 2.05) is 0 Å². The number of nitrogens with one attached hydrogen (secondary N) is 1. The van der Waals surface area contributed by atoms with Crippen LogP contribution in [0, 0.1) is 0 Å². The van der Waals surface area contributed by atoms with Crippen LogP contribution in [0.3, 0.4) is 0 Å². The Morgan fingerprint density at radius 2 is 1.36 bits per heavy atom. The van der Waals surface area contributed by atoms with Gasteiger partial charge in [-0.3, -0.25) is 0 Å². The lowest BCUT2D eigenvalue weighted by Gasteiger charge is -2.13. The number of hydrogen-bond donors (Lipinski definition) is 0. The van der Waals surface area contributed by atoms with Crippen LogP contribution >= 0.6 is 0 Å². The van der Waals surface area contributed by atoms with E-state index in [1.165, 1.54) is 21.8 Å². The molecule has 0 amide bonds. The minimum Gasteiger partial charge on any atom is -0.309 e. The summed E-state index contributed by atoms with van der Waals surface area (Å²) in [7, 11) is 0. The summed E-state index contributed by atoms with van der Waals surface area (Å²) in [6.45, 7) is 2.18. The second kappa shape index (κ2) is 6.73. The third-order valence-corrected chi connectivity index (χ3v) is 4.98. The number of rotatable bonds is 5. The second-order valence-corrected chi connectivity index (χ2v) is 6.66. The first kappa shape index (κ1) is 15.9. The molecule has 1 aromatic heterocycles. The van der Waals surface area contributed by atoms with E-state index >= 15 is 0 Å². The molecule has 1 atom stereocenters. The average molecular weight is 327 g/mol. The Labute approximate surface area is 148 Å². The van der Waals surface area contributed by atoms with Crippen molar-refractivity contribution in [3.63, 3.8) is 0 Å². The summed E-state index contributed by atoms with van der Waals surface area (Å²) < 4.78 is 2.32. The van der Waals surface area contributed by atoms with E-state index in [1.54, 1.807) is 0 Å². The third-order valence-electron chi connectivity index (χ3n) is 4.98. The highest BCUT2D eigenvalue weighted by Gasteiger charge is 2.12. The largest absolute Gasteiger partial charge is 0.309 e. The number of hydrogen-bond acceptors (Lipinski definition) is 0. The highest BCUT2D eigenvalue weighted by atomic mass is 15.0. The Kier molecular flexibility index (Phi) is 4.29. The van der Waals surface area contributed by atoms with Crippen molar-refractivity contribution in [2.75, 3.05) is 0 Å². The van der Waals surface area contributed by atoms with Crippen LogP contribution in [-0.2, 0) is 0 Å². The molecule has 1 radical (unpaired) electrons. The zero-order valence-corrected chi connectivity index (χ0v) is 14.6. The highest BCUT2D eigenvalue weighted by Crippen LogP contribution is 2.32. The highest BCUT2D eigenvalue weighted by molar-refractivity contribution is 6.09. The Hall–Kier alpha value is -2.58. The molecule has 1 heterocycles. The maximum absolute atomic E-state index is 8.32. The minimum absolute atomic E-state index is 0.118. The van der Waals surface area contributed by atoms with Gasteiger partial charge in [0, 0.05) is 22.5 Å². The van der Waals surface area contributed by atoms with E-state index in [0.29, 0.717) is 0 Å².